The van der Waals surface area contributed by atoms with Crippen LogP contribution in [0.4, 0.5) is 5.95 Å². The van der Waals surface area contributed by atoms with Crippen molar-refractivity contribution in [1.29, 1.82) is 0 Å². The molecule has 1 aromatic rings. The number of hydrogen-bond acceptors (Lipinski definition) is 3. The highest BCUT2D eigenvalue weighted by Crippen LogP contribution is 2.21. The Labute approximate surface area is 116 Å². The van der Waals surface area contributed by atoms with Crippen LogP contribution in [0.25, 0.3) is 0 Å². The molecular formula is C15H25N3O. The van der Waals surface area contributed by atoms with E-state index in [-0.39, 0.29) is 11.3 Å². The summed E-state index contributed by atoms with van der Waals surface area (Å²) in [6, 6.07) is 0. The molecule has 1 rings (SSSR count). The van der Waals surface area contributed by atoms with Crippen LogP contribution in [0.5, 0.6) is 0 Å². The van der Waals surface area contributed by atoms with E-state index >= 15 is 0 Å². The fourth-order valence-electron chi connectivity index (χ4n) is 1.78. The molecule has 0 aliphatic heterocycles. The zero-order valence-corrected chi connectivity index (χ0v) is 12.7. The van der Waals surface area contributed by atoms with Crippen LogP contribution in [0.15, 0.2) is 12.4 Å². The highest BCUT2D eigenvalue weighted by Gasteiger charge is 2.23. The third-order valence-electron chi connectivity index (χ3n) is 2.77. The fourth-order valence-corrected chi connectivity index (χ4v) is 1.78. The maximum Gasteiger partial charge on any atom is 0.232 e. The summed E-state index contributed by atoms with van der Waals surface area (Å²) < 4.78 is 0. The van der Waals surface area contributed by atoms with Gasteiger partial charge in [0.15, 0.2) is 0 Å². The van der Waals surface area contributed by atoms with Crippen molar-refractivity contribution in [3.05, 3.63) is 18.0 Å². The smallest absolute Gasteiger partial charge is 0.232 e. The van der Waals surface area contributed by atoms with Crippen molar-refractivity contribution in [2.75, 3.05) is 11.4 Å². The number of carbonyl (C=O) groups excluding carboxylic acids is 1. The predicted octanol–water partition coefficient (Wildman–Crippen LogP) is 3.22. The lowest BCUT2D eigenvalue weighted by Gasteiger charge is -2.24. The highest BCUT2D eigenvalue weighted by molar-refractivity contribution is 5.91. The lowest BCUT2D eigenvalue weighted by Crippen LogP contribution is -2.35. The van der Waals surface area contributed by atoms with E-state index < -0.39 is 0 Å². The van der Waals surface area contributed by atoms with E-state index in [0.29, 0.717) is 18.9 Å². The number of nitrogens with zero attached hydrogens (tertiary/aromatic N) is 3. The molecule has 19 heavy (non-hydrogen) atoms. The second-order valence-electron chi connectivity index (χ2n) is 6.03. The molecule has 0 radical (unpaired) electrons. The minimum Gasteiger partial charge on any atom is -0.281 e. The van der Waals surface area contributed by atoms with Crippen LogP contribution in [-0.4, -0.2) is 22.4 Å². The van der Waals surface area contributed by atoms with Crippen LogP contribution >= 0.6 is 0 Å². The van der Waals surface area contributed by atoms with Gasteiger partial charge in [-0.15, -0.1) is 0 Å². The summed E-state index contributed by atoms with van der Waals surface area (Å²) in [5.41, 5.74) is 1.07. The number of aryl methyl sites for hydroxylation is 1. The first-order valence-corrected chi connectivity index (χ1v) is 6.98. The molecule has 0 aliphatic rings. The van der Waals surface area contributed by atoms with E-state index in [1.165, 1.54) is 0 Å². The van der Waals surface area contributed by atoms with Crippen molar-refractivity contribution in [3.63, 3.8) is 0 Å². The van der Waals surface area contributed by atoms with Gasteiger partial charge in [0.05, 0.1) is 0 Å². The zero-order chi connectivity index (χ0) is 14.5. The van der Waals surface area contributed by atoms with Crippen molar-refractivity contribution < 1.29 is 4.79 Å². The monoisotopic (exact) mass is 263 g/mol. The number of anilines is 1. The molecule has 4 nitrogen and oxygen atoms in total. The average Bonchev–Trinajstić information content (AvgIpc) is 2.34. The summed E-state index contributed by atoms with van der Waals surface area (Å²) in [6.07, 6.45) is 5.91. The molecule has 0 atom stereocenters. The largest absolute Gasteiger partial charge is 0.281 e. The molecule has 0 N–H and O–H groups in total. The average molecular weight is 263 g/mol. The molecule has 0 aromatic carbocycles. The van der Waals surface area contributed by atoms with Gasteiger partial charge in [0.1, 0.15) is 0 Å². The minimum absolute atomic E-state index is 0.0214. The van der Waals surface area contributed by atoms with E-state index in [1.807, 2.05) is 0 Å². The summed E-state index contributed by atoms with van der Waals surface area (Å²) in [7, 11) is 0. The first-order valence-electron chi connectivity index (χ1n) is 6.98. The van der Waals surface area contributed by atoms with Crippen molar-refractivity contribution in [1.82, 2.24) is 9.97 Å². The molecule has 1 amide bonds. The van der Waals surface area contributed by atoms with Crippen LogP contribution < -0.4 is 4.90 Å². The van der Waals surface area contributed by atoms with Crippen LogP contribution in [0.3, 0.4) is 0 Å². The lowest BCUT2D eigenvalue weighted by molar-refractivity contribution is -0.120. The van der Waals surface area contributed by atoms with Gasteiger partial charge in [-0.3, -0.25) is 9.69 Å². The Morgan fingerprint density at radius 1 is 1.21 bits per heavy atom. The van der Waals surface area contributed by atoms with Gasteiger partial charge in [0.2, 0.25) is 11.9 Å². The van der Waals surface area contributed by atoms with Gasteiger partial charge in [-0.25, -0.2) is 9.97 Å². The quantitative estimate of drug-likeness (QED) is 0.819. The summed E-state index contributed by atoms with van der Waals surface area (Å²) >= 11 is 0. The van der Waals surface area contributed by atoms with Crippen molar-refractivity contribution >= 4 is 11.9 Å². The van der Waals surface area contributed by atoms with Crippen LogP contribution in [0.2, 0.25) is 0 Å². The van der Waals surface area contributed by atoms with Crippen LogP contribution in [0, 0.1) is 5.41 Å². The molecule has 1 aromatic heterocycles. The van der Waals surface area contributed by atoms with Gasteiger partial charge >= 0.3 is 0 Å². The fraction of sp³-hybridized carbons (Fsp3) is 0.667. The molecule has 0 aliphatic carbocycles. The molecule has 0 bridgehead atoms. The van der Waals surface area contributed by atoms with E-state index in [0.717, 1.165) is 18.4 Å². The number of rotatable bonds is 5. The number of amides is 1. The molecule has 0 spiro atoms. The van der Waals surface area contributed by atoms with E-state index in [2.05, 4.69) is 44.6 Å². The highest BCUT2D eigenvalue weighted by atomic mass is 16.2. The van der Waals surface area contributed by atoms with E-state index in [4.69, 9.17) is 0 Å². The van der Waals surface area contributed by atoms with Gasteiger partial charge in [-0.2, -0.15) is 0 Å². The number of hydrogen-bond donors (Lipinski definition) is 0. The molecule has 4 heteroatoms. The lowest BCUT2D eigenvalue weighted by atomic mass is 9.91. The second kappa shape index (κ2) is 6.64. The third-order valence-corrected chi connectivity index (χ3v) is 2.77. The van der Waals surface area contributed by atoms with E-state index in [9.17, 15) is 4.79 Å². The van der Waals surface area contributed by atoms with Crippen LogP contribution in [0.1, 0.15) is 53.0 Å². The third kappa shape index (κ3) is 4.97. The molecule has 0 fully saturated rings. The van der Waals surface area contributed by atoms with E-state index in [1.54, 1.807) is 17.3 Å². The molecular weight excluding hydrogens is 238 g/mol. The van der Waals surface area contributed by atoms with Gasteiger partial charge in [0, 0.05) is 25.4 Å². The predicted molar refractivity (Wildman–Crippen MR) is 78.1 cm³/mol. The van der Waals surface area contributed by atoms with Crippen LogP contribution in [-0.2, 0) is 11.2 Å². The summed E-state index contributed by atoms with van der Waals surface area (Å²) in [5.74, 6) is 0.617. The molecule has 0 saturated carbocycles. The standard InChI is InChI=1S/C15H25N3O/c1-6-8-18(13(19)9-15(3,4)5)14-16-10-12(7-2)11-17-14/h10-11H,6-9H2,1-5H3. The zero-order valence-electron chi connectivity index (χ0n) is 12.7. The maximum absolute atomic E-state index is 12.3. The topological polar surface area (TPSA) is 46.1 Å². The van der Waals surface area contributed by atoms with Gasteiger partial charge in [-0.1, -0.05) is 34.6 Å². The Balaban J connectivity index is 2.89. The Bertz CT molecular complexity index is 406. The Hall–Kier alpha value is -1.45. The second-order valence-corrected chi connectivity index (χ2v) is 6.03. The van der Waals surface area contributed by atoms with Gasteiger partial charge in [-0.05, 0) is 23.8 Å². The van der Waals surface area contributed by atoms with Gasteiger partial charge < -0.3 is 0 Å². The first kappa shape index (κ1) is 15.6. The first-order chi connectivity index (χ1) is 8.87. The molecule has 106 valence electrons. The van der Waals surface area contributed by atoms with Crippen molar-refractivity contribution in [2.45, 2.75) is 53.9 Å². The van der Waals surface area contributed by atoms with Crippen molar-refractivity contribution in [2.24, 2.45) is 5.41 Å². The van der Waals surface area contributed by atoms with Gasteiger partial charge in [0.25, 0.3) is 0 Å². The SMILES string of the molecule is CCCN(C(=O)CC(C)(C)C)c1ncc(CC)cn1. The summed E-state index contributed by atoms with van der Waals surface area (Å²) in [4.78, 5) is 22.7. The molecule has 0 unspecified atom stereocenters. The van der Waals surface area contributed by atoms with Crippen molar-refractivity contribution in [3.8, 4) is 0 Å². The molecule has 0 saturated heterocycles. The summed E-state index contributed by atoms with van der Waals surface area (Å²) in [5, 5.41) is 0. The summed E-state index contributed by atoms with van der Waals surface area (Å²) in [6.45, 7) is 11.0. The minimum atomic E-state index is -0.0214. The normalized spacial score (nSPS) is 11.4. The molecule has 1 heterocycles. The Kier molecular flexibility index (Phi) is 5.45. The number of aromatic nitrogens is 2. The Morgan fingerprint density at radius 2 is 1.79 bits per heavy atom. The number of carbonyl (C=O) groups is 1. The maximum atomic E-state index is 12.3. The Morgan fingerprint density at radius 3 is 2.21 bits per heavy atom.